The summed E-state index contributed by atoms with van der Waals surface area (Å²) in [5.74, 6) is -0.211. The van der Waals surface area contributed by atoms with E-state index in [1.54, 1.807) is 17.9 Å². The molecule has 10 heteroatoms. The fourth-order valence-corrected chi connectivity index (χ4v) is 5.96. The first kappa shape index (κ1) is 30.2. The number of H-pyrrole nitrogens is 1. The number of fused-ring (bicyclic) bond motifs is 1. The number of carbonyl (C=O) groups is 1. The summed E-state index contributed by atoms with van der Waals surface area (Å²) in [5, 5.41) is 13.7. The summed E-state index contributed by atoms with van der Waals surface area (Å²) in [7, 11) is 3.49. The molecule has 3 N–H and O–H groups in total. The molecule has 0 bridgehead atoms. The van der Waals surface area contributed by atoms with E-state index in [4.69, 9.17) is 14.2 Å². The third-order valence-corrected chi connectivity index (χ3v) is 8.22. The number of amides is 1. The summed E-state index contributed by atoms with van der Waals surface area (Å²) in [5.41, 5.74) is 4.02. The molecule has 4 aromatic rings. The van der Waals surface area contributed by atoms with Crippen molar-refractivity contribution in [2.24, 2.45) is 13.0 Å². The van der Waals surface area contributed by atoms with Gasteiger partial charge in [0.2, 0.25) is 6.29 Å². The molecule has 0 saturated heterocycles. The fraction of sp³-hybridized carbons (Fsp3) is 0.394. The average molecular weight is 589 g/mol. The van der Waals surface area contributed by atoms with Crippen molar-refractivity contribution in [3.05, 3.63) is 93.7 Å². The smallest absolute Gasteiger partial charge is 0.286 e. The van der Waals surface area contributed by atoms with E-state index in [0.29, 0.717) is 38.0 Å². The van der Waals surface area contributed by atoms with Crippen molar-refractivity contribution >= 4 is 16.8 Å². The number of aromatic nitrogens is 3. The van der Waals surface area contributed by atoms with Crippen LogP contribution >= 0.6 is 0 Å². The van der Waals surface area contributed by atoms with Crippen LogP contribution in [0.4, 0.5) is 0 Å². The van der Waals surface area contributed by atoms with Crippen LogP contribution in [-0.2, 0) is 27.7 Å². The zero-order chi connectivity index (χ0) is 30.5. The quantitative estimate of drug-likeness (QED) is 0.230. The van der Waals surface area contributed by atoms with Crippen molar-refractivity contribution in [3.8, 4) is 11.4 Å². The predicted octanol–water partition coefficient (Wildman–Crippen LogP) is 4.08. The van der Waals surface area contributed by atoms with Gasteiger partial charge in [-0.25, -0.2) is 4.68 Å². The number of rotatable bonds is 12. The monoisotopic (exact) mass is 588 g/mol. The van der Waals surface area contributed by atoms with Gasteiger partial charge >= 0.3 is 0 Å². The van der Waals surface area contributed by atoms with Gasteiger partial charge in [0.15, 0.2) is 5.76 Å². The number of hydrogen-bond donors (Lipinski definition) is 3. The number of aromatic amines is 1. The van der Waals surface area contributed by atoms with E-state index >= 15 is 0 Å². The molecule has 5 rings (SSSR count). The van der Waals surface area contributed by atoms with Gasteiger partial charge in [0, 0.05) is 67.0 Å². The topological polar surface area (TPSA) is 120 Å². The molecule has 228 valence electrons. The summed E-state index contributed by atoms with van der Waals surface area (Å²) in [4.78, 5) is 30.7. The van der Waals surface area contributed by atoms with E-state index in [1.165, 1.54) is 0 Å². The molecular formula is C33H40N4O6. The van der Waals surface area contributed by atoms with Crippen molar-refractivity contribution in [3.63, 3.8) is 0 Å². The van der Waals surface area contributed by atoms with Crippen molar-refractivity contribution in [2.75, 3.05) is 26.9 Å². The lowest BCUT2D eigenvalue weighted by Gasteiger charge is -2.36. The van der Waals surface area contributed by atoms with Crippen LogP contribution < -0.4 is 15.6 Å². The Kier molecular flexibility index (Phi) is 9.37. The lowest BCUT2D eigenvalue weighted by Crippen LogP contribution is -2.40. The zero-order valence-corrected chi connectivity index (χ0v) is 25.1. The molecule has 3 atom stereocenters. The Morgan fingerprint density at radius 2 is 1.98 bits per heavy atom. The number of aliphatic hydroxyl groups excluding tert-OH is 1. The molecule has 2 aromatic heterocycles. The SMILES string of the molecule is CCO[C@H]1OC(C(=O)NCCc2c[nH]c3ccc(OC)cc23)=C[C@@H](c2c(C)n(C)n(-c3ccccc3)c2=O)[C@H]1CCCO. The van der Waals surface area contributed by atoms with Crippen LogP contribution in [0.25, 0.3) is 16.6 Å². The van der Waals surface area contributed by atoms with Crippen LogP contribution in [0.5, 0.6) is 5.75 Å². The van der Waals surface area contributed by atoms with Crippen LogP contribution in [0.1, 0.15) is 42.5 Å². The van der Waals surface area contributed by atoms with Crippen LogP contribution in [-0.4, -0.2) is 58.5 Å². The Hall–Kier alpha value is -4.28. The Balaban J connectivity index is 1.45. The van der Waals surface area contributed by atoms with Crippen molar-refractivity contribution in [1.29, 1.82) is 0 Å². The lowest BCUT2D eigenvalue weighted by molar-refractivity contribution is -0.166. The summed E-state index contributed by atoms with van der Waals surface area (Å²) in [6, 6.07) is 15.3. The number of methoxy groups -OCH3 is 1. The van der Waals surface area contributed by atoms with Crippen LogP contribution in [0.15, 0.2) is 71.4 Å². The minimum Gasteiger partial charge on any atom is -0.497 e. The van der Waals surface area contributed by atoms with Crippen molar-refractivity contribution in [2.45, 2.75) is 45.3 Å². The molecule has 1 aliphatic rings. The van der Waals surface area contributed by atoms with Gasteiger partial charge in [-0.3, -0.25) is 14.3 Å². The number of allylic oxidation sites excluding steroid dienone is 1. The molecule has 10 nitrogen and oxygen atoms in total. The van der Waals surface area contributed by atoms with Gasteiger partial charge in [-0.15, -0.1) is 0 Å². The van der Waals surface area contributed by atoms with Crippen LogP contribution in [0.3, 0.4) is 0 Å². The van der Waals surface area contributed by atoms with E-state index in [1.807, 2.05) is 80.3 Å². The van der Waals surface area contributed by atoms with Crippen molar-refractivity contribution < 1.29 is 24.1 Å². The third-order valence-electron chi connectivity index (χ3n) is 8.22. The molecule has 1 aliphatic heterocycles. The number of carbonyl (C=O) groups excluding carboxylic acids is 1. The van der Waals surface area contributed by atoms with E-state index < -0.39 is 12.2 Å². The molecule has 0 unspecified atom stereocenters. The molecule has 1 amide bonds. The summed E-state index contributed by atoms with van der Waals surface area (Å²) in [6.45, 7) is 4.53. The fourth-order valence-electron chi connectivity index (χ4n) is 5.96. The van der Waals surface area contributed by atoms with Gasteiger partial charge in [-0.1, -0.05) is 18.2 Å². The lowest BCUT2D eigenvalue weighted by atomic mass is 9.80. The molecule has 0 fully saturated rings. The van der Waals surface area contributed by atoms with E-state index in [9.17, 15) is 14.7 Å². The molecule has 0 radical (unpaired) electrons. The number of nitrogens with one attached hydrogen (secondary N) is 2. The minimum atomic E-state index is -0.752. The molecule has 0 aliphatic carbocycles. The Labute approximate surface area is 250 Å². The maximum absolute atomic E-state index is 14.0. The van der Waals surface area contributed by atoms with Crippen LogP contribution in [0.2, 0.25) is 0 Å². The Morgan fingerprint density at radius 1 is 1.19 bits per heavy atom. The number of hydrogen-bond acceptors (Lipinski definition) is 6. The average Bonchev–Trinajstić information content (AvgIpc) is 3.52. The first-order valence-corrected chi connectivity index (χ1v) is 14.7. The number of aliphatic hydroxyl groups is 1. The van der Waals surface area contributed by atoms with E-state index in [2.05, 4.69) is 10.3 Å². The summed E-state index contributed by atoms with van der Waals surface area (Å²) < 4.78 is 21.0. The standard InChI is InChI=1S/C33H40N4O6/c1-5-42-33-25(12-9-17-38)27(30-21(2)36(3)37(32(30)40)23-10-7-6-8-11-23)19-29(43-33)31(39)34-16-15-22-20-35-28-14-13-24(41-4)18-26(22)28/h6-8,10-11,13-14,18-20,25,27,33,35,38H,5,9,12,15-17H2,1-4H3,(H,34,39)/t25-,27-,33+/m1/s1. The molecule has 2 aromatic carbocycles. The van der Waals surface area contributed by atoms with E-state index in [-0.39, 0.29) is 29.8 Å². The maximum atomic E-state index is 14.0. The number of nitrogens with zero attached hydrogens (tertiary/aromatic N) is 2. The second kappa shape index (κ2) is 13.4. The zero-order valence-electron chi connectivity index (χ0n) is 25.1. The number of para-hydroxylation sites is 1. The number of ether oxygens (including phenoxy) is 3. The van der Waals surface area contributed by atoms with Gasteiger partial charge in [-0.05, 0) is 75.1 Å². The highest BCUT2D eigenvalue weighted by molar-refractivity contribution is 5.92. The third kappa shape index (κ3) is 6.11. The van der Waals surface area contributed by atoms with Gasteiger partial charge in [0.1, 0.15) is 5.75 Å². The van der Waals surface area contributed by atoms with Crippen molar-refractivity contribution in [1.82, 2.24) is 19.7 Å². The van der Waals surface area contributed by atoms with Crippen LogP contribution in [0, 0.1) is 12.8 Å². The van der Waals surface area contributed by atoms with E-state index in [0.717, 1.165) is 33.6 Å². The largest absolute Gasteiger partial charge is 0.497 e. The molecular weight excluding hydrogens is 548 g/mol. The summed E-state index contributed by atoms with van der Waals surface area (Å²) in [6.07, 6.45) is 4.61. The van der Waals surface area contributed by atoms with Gasteiger partial charge in [0.05, 0.1) is 12.8 Å². The maximum Gasteiger partial charge on any atom is 0.286 e. The second-order valence-electron chi connectivity index (χ2n) is 10.7. The second-order valence-corrected chi connectivity index (χ2v) is 10.7. The Morgan fingerprint density at radius 3 is 2.70 bits per heavy atom. The minimum absolute atomic E-state index is 0.000846. The highest BCUT2D eigenvalue weighted by Crippen LogP contribution is 2.39. The van der Waals surface area contributed by atoms with Gasteiger partial charge < -0.3 is 29.6 Å². The molecule has 43 heavy (non-hydrogen) atoms. The normalized spacial score (nSPS) is 18.3. The highest BCUT2D eigenvalue weighted by Gasteiger charge is 2.40. The molecule has 0 saturated carbocycles. The highest BCUT2D eigenvalue weighted by atomic mass is 16.7. The Bertz CT molecular complexity index is 1650. The first-order valence-electron chi connectivity index (χ1n) is 14.7. The number of benzene rings is 2. The van der Waals surface area contributed by atoms with Gasteiger partial charge in [-0.2, -0.15) is 0 Å². The van der Waals surface area contributed by atoms with Gasteiger partial charge in [0.25, 0.3) is 11.5 Å². The predicted molar refractivity (Wildman–Crippen MR) is 164 cm³/mol. The molecule has 0 spiro atoms. The first-order chi connectivity index (χ1) is 20.9. The molecule has 3 heterocycles. The summed E-state index contributed by atoms with van der Waals surface area (Å²) >= 11 is 0.